The van der Waals surface area contributed by atoms with E-state index < -0.39 is 0 Å². The molecule has 1 saturated heterocycles. The molecule has 5 nitrogen and oxygen atoms in total. The Morgan fingerprint density at radius 2 is 1.25 bits per heavy atom. The largest absolute Gasteiger partial charge is 0.333 e. The summed E-state index contributed by atoms with van der Waals surface area (Å²) >= 11 is 0. The molecule has 24 heavy (non-hydrogen) atoms. The molecule has 0 bridgehead atoms. The standard InChI is InChI=1S/C19H30N2O3/c1-14-7-9-16(10-8-14)13-21-18(23)11-17(22)20(19(21)24)12-15-5-3-2-4-6-15/h14-16H,2-13H2,1H3. The molecule has 134 valence electrons. The number of amides is 4. The molecule has 1 aliphatic heterocycles. The van der Waals surface area contributed by atoms with Crippen molar-refractivity contribution in [2.24, 2.45) is 17.8 Å². The van der Waals surface area contributed by atoms with Crippen LogP contribution < -0.4 is 0 Å². The van der Waals surface area contributed by atoms with Crippen LogP contribution in [0.15, 0.2) is 0 Å². The van der Waals surface area contributed by atoms with Crippen LogP contribution in [0.5, 0.6) is 0 Å². The molecule has 0 unspecified atom stereocenters. The Kier molecular flexibility index (Phi) is 5.57. The zero-order valence-electron chi connectivity index (χ0n) is 14.8. The van der Waals surface area contributed by atoms with Crippen LogP contribution in [0.25, 0.3) is 0 Å². The molecule has 0 atom stereocenters. The third-order valence-corrected chi connectivity index (χ3v) is 6.11. The summed E-state index contributed by atoms with van der Waals surface area (Å²) < 4.78 is 0. The van der Waals surface area contributed by atoms with Crippen molar-refractivity contribution in [3.05, 3.63) is 0 Å². The minimum Gasteiger partial charge on any atom is -0.274 e. The van der Waals surface area contributed by atoms with Crippen LogP contribution in [0, 0.1) is 17.8 Å². The highest BCUT2D eigenvalue weighted by Gasteiger charge is 2.40. The van der Waals surface area contributed by atoms with E-state index in [0.29, 0.717) is 24.9 Å². The van der Waals surface area contributed by atoms with Gasteiger partial charge in [0.25, 0.3) is 0 Å². The van der Waals surface area contributed by atoms with Gasteiger partial charge in [-0.25, -0.2) is 4.79 Å². The van der Waals surface area contributed by atoms with E-state index in [2.05, 4.69) is 6.92 Å². The van der Waals surface area contributed by atoms with Crippen molar-refractivity contribution in [2.45, 2.75) is 71.1 Å². The molecule has 5 heteroatoms. The van der Waals surface area contributed by atoms with Gasteiger partial charge in [0.15, 0.2) is 0 Å². The van der Waals surface area contributed by atoms with Crippen LogP contribution in [0.4, 0.5) is 4.79 Å². The van der Waals surface area contributed by atoms with Crippen molar-refractivity contribution in [3.8, 4) is 0 Å². The van der Waals surface area contributed by atoms with Gasteiger partial charge in [0, 0.05) is 13.1 Å². The summed E-state index contributed by atoms with van der Waals surface area (Å²) in [6.45, 7) is 3.26. The lowest BCUT2D eigenvalue weighted by Gasteiger charge is -2.37. The number of barbiturate groups is 1. The van der Waals surface area contributed by atoms with Crippen LogP contribution in [0.1, 0.15) is 71.1 Å². The molecule has 0 aromatic rings. The second kappa shape index (κ2) is 7.66. The maximum absolute atomic E-state index is 12.8. The van der Waals surface area contributed by atoms with Gasteiger partial charge >= 0.3 is 6.03 Å². The summed E-state index contributed by atoms with van der Waals surface area (Å²) in [5.41, 5.74) is 0. The summed E-state index contributed by atoms with van der Waals surface area (Å²) in [6, 6.07) is -0.361. The van der Waals surface area contributed by atoms with Gasteiger partial charge in [0.1, 0.15) is 6.42 Å². The fourth-order valence-electron chi connectivity index (χ4n) is 4.44. The molecule has 1 heterocycles. The molecule has 3 rings (SSSR count). The molecular weight excluding hydrogens is 304 g/mol. The van der Waals surface area contributed by atoms with E-state index in [1.807, 2.05) is 0 Å². The van der Waals surface area contributed by atoms with E-state index in [4.69, 9.17) is 0 Å². The zero-order valence-corrected chi connectivity index (χ0v) is 14.8. The maximum atomic E-state index is 12.8. The second-order valence-electron chi connectivity index (χ2n) is 8.10. The minimum atomic E-state index is -0.361. The van der Waals surface area contributed by atoms with Crippen molar-refractivity contribution in [1.82, 2.24) is 9.80 Å². The Bertz CT molecular complexity index is 491. The van der Waals surface area contributed by atoms with Crippen molar-refractivity contribution in [1.29, 1.82) is 0 Å². The van der Waals surface area contributed by atoms with Gasteiger partial charge in [0.05, 0.1) is 0 Å². The number of nitrogens with zero attached hydrogens (tertiary/aromatic N) is 2. The average Bonchev–Trinajstić information content (AvgIpc) is 2.58. The van der Waals surface area contributed by atoms with Crippen LogP contribution >= 0.6 is 0 Å². The molecule has 4 amide bonds. The molecule has 0 aromatic heterocycles. The summed E-state index contributed by atoms with van der Waals surface area (Å²) in [5.74, 6) is 0.960. The first kappa shape index (κ1) is 17.4. The minimum absolute atomic E-state index is 0.137. The second-order valence-corrected chi connectivity index (χ2v) is 8.10. The normalized spacial score (nSPS) is 30.1. The van der Waals surface area contributed by atoms with E-state index in [0.717, 1.165) is 31.6 Å². The molecule has 0 N–H and O–H groups in total. The Morgan fingerprint density at radius 1 is 0.750 bits per heavy atom. The summed E-state index contributed by atoms with van der Waals surface area (Å²) in [4.78, 5) is 40.0. The quantitative estimate of drug-likeness (QED) is 0.739. The third kappa shape index (κ3) is 3.98. The van der Waals surface area contributed by atoms with Crippen molar-refractivity contribution in [3.63, 3.8) is 0 Å². The van der Waals surface area contributed by atoms with Crippen LogP contribution in [0.2, 0.25) is 0 Å². The molecule has 2 saturated carbocycles. The molecule has 3 aliphatic rings. The number of imide groups is 2. The van der Waals surface area contributed by atoms with Gasteiger partial charge in [-0.2, -0.15) is 0 Å². The number of carbonyl (C=O) groups excluding carboxylic acids is 3. The predicted molar refractivity (Wildman–Crippen MR) is 91.1 cm³/mol. The van der Waals surface area contributed by atoms with E-state index in [1.54, 1.807) is 0 Å². The van der Waals surface area contributed by atoms with E-state index in [9.17, 15) is 14.4 Å². The fraction of sp³-hybridized carbons (Fsp3) is 0.842. The maximum Gasteiger partial charge on any atom is 0.333 e. The monoisotopic (exact) mass is 334 g/mol. The highest BCUT2D eigenvalue weighted by atomic mass is 16.2. The fourth-order valence-corrected chi connectivity index (χ4v) is 4.44. The summed E-state index contributed by atoms with van der Waals surface area (Å²) in [5, 5.41) is 0. The Hall–Kier alpha value is -1.39. The molecule has 0 radical (unpaired) electrons. The topological polar surface area (TPSA) is 57.7 Å². The summed E-state index contributed by atoms with van der Waals surface area (Å²) in [6.07, 6.45) is 10.2. The first-order chi connectivity index (χ1) is 11.5. The average molecular weight is 334 g/mol. The highest BCUT2D eigenvalue weighted by Crippen LogP contribution is 2.30. The van der Waals surface area contributed by atoms with Crippen LogP contribution in [0.3, 0.4) is 0 Å². The van der Waals surface area contributed by atoms with Gasteiger partial charge in [-0.05, 0) is 43.4 Å². The number of rotatable bonds is 4. The Labute approximate surface area is 144 Å². The molecule has 0 spiro atoms. The molecule has 0 aromatic carbocycles. The zero-order chi connectivity index (χ0) is 17.1. The predicted octanol–water partition coefficient (Wildman–Crippen LogP) is 3.57. The van der Waals surface area contributed by atoms with Gasteiger partial charge in [-0.1, -0.05) is 39.0 Å². The van der Waals surface area contributed by atoms with Gasteiger partial charge in [-0.3, -0.25) is 19.4 Å². The van der Waals surface area contributed by atoms with E-state index in [1.165, 1.54) is 41.9 Å². The first-order valence-corrected chi connectivity index (χ1v) is 9.69. The van der Waals surface area contributed by atoms with Crippen LogP contribution in [-0.4, -0.2) is 40.7 Å². The van der Waals surface area contributed by atoms with E-state index in [-0.39, 0.29) is 24.3 Å². The summed E-state index contributed by atoms with van der Waals surface area (Å²) in [7, 11) is 0. The SMILES string of the molecule is CC1CCC(CN2C(=O)CC(=O)N(CC3CCCCC3)C2=O)CC1. The van der Waals surface area contributed by atoms with Crippen molar-refractivity contribution < 1.29 is 14.4 Å². The smallest absolute Gasteiger partial charge is 0.274 e. The number of hydrogen-bond donors (Lipinski definition) is 0. The molecular formula is C19H30N2O3. The Morgan fingerprint density at radius 3 is 1.79 bits per heavy atom. The number of hydrogen-bond acceptors (Lipinski definition) is 3. The lowest BCUT2D eigenvalue weighted by Crippen LogP contribution is -2.57. The van der Waals surface area contributed by atoms with Crippen LogP contribution in [-0.2, 0) is 9.59 Å². The lowest BCUT2D eigenvalue weighted by atomic mass is 9.82. The number of urea groups is 1. The number of carbonyl (C=O) groups is 3. The first-order valence-electron chi connectivity index (χ1n) is 9.69. The van der Waals surface area contributed by atoms with Gasteiger partial charge in [0.2, 0.25) is 11.8 Å². The van der Waals surface area contributed by atoms with Gasteiger partial charge < -0.3 is 0 Å². The molecule has 3 fully saturated rings. The third-order valence-electron chi connectivity index (χ3n) is 6.11. The molecule has 2 aliphatic carbocycles. The van der Waals surface area contributed by atoms with Crippen molar-refractivity contribution >= 4 is 17.8 Å². The van der Waals surface area contributed by atoms with Gasteiger partial charge in [-0.15, -0.1) is 0 Å². The highest BCUT2D eigenvalue weighted by molar-refractivity contribution is 6.14. The lowest BCUT2D eigenvalue weighted by molar-refractivity contribution is -0.143. The Balaban J connectivity index is 1.62. The van der Waals surface area contributed by atoms with Crippen molar-refractivity contribution in [2.75, 3.05) is 13.1 Å². The van der Waals surface area contributed by atoms with E-state index >= 15 is 0 Å².